The molecule has 1 N–H and O–H groups in total. The van der Waals surface area contributed by atoms with E-state index in [4.69, 9.17) is 16.3 Å². The van der Waals surface area contributed by atoms with Crippen molar-refractivity contribution in [1.82, 2.24) is 4.98 Å². The predicted octanol–water partition coefficient (Wildman–Crippen LogP) is 3.91. The van der Waals surface area contributed by atoms with Gasteiger partial charge in [0.05, 0.1) is 11.2 Å². The second kappa shape index (κ2) is 6.45. The number of aromatic nitrogens is 1. The van der Waals surface area contributed by atoms with E-state index in [0.29, 0.717) is 16.5 Å². The molecule has 0 unspecified atom stereocenters. The van der Waals surface area contributed by atoms with Crippen molar-refractivity contribution >= 4 is 34.1 Å². The first-order chi connectivity index (χ1) is 10.7. The number of fused-ring (bicyclic) bond motifs is 1. The highest BCUT2D eigenvalue weighted by Crippen LogP contribution is 2.24. The lowest BCUT2D eigenvalue weighted by Crippen LogP contribution is -2.20. The molecule has 0 atom stereocenters. The normalized spacial score (nSPS) is 10.4. The van der Waals surface area contributed by atoms with Crippen LogP contribution in [0, 0.1) is 0 Å². The number of carbonyl (C=O) groups is 1. The van der Waals surface area contributed by atoms with Gasteiger partial charge >= 0.3 is 0 Å². The summed E-state index contributed by atoms with van der Waals surface area (Å²) in [5.41, 5.74) is 1.41. The molecule has 3 aromatic rings. The fourth-order valence-electron chi connectivity index (χ4n) is 2.08. The maximum absolute atomic E-state index is 12.0. The van der Waals surface area contributed by atoms with E-state index in [0.717, 1.165) is 10.9 Å². The van der Waals surface area contributed by atoms with Gasteiger partial charge in [-0.1, -0.05) is 29.8 Å². The molecule has 0 aliphatic carbocycles. The summed E-state index contributed by atoms with van der Waals surface area (Å²) in [4.78, 5) is 16.3. The summed E-state index contributed by atoms with van der Waals surface area (Å²) >= 11 is 5.95. The van der Waals surface area contributed by atoms with Crippen LogP contribution in [0.5, 0.6) is 5.75 Å². The third-order valence-corrected chi connectivity index (χ3v) is 3.33. The minimum absolute atomic E-state index is 0.0541. The van der Waals surface area contributed by atoms with Gasteiger partial charge in [-0.05, 0) is 36.4 Å². The first-order valence-electron chi connectivity index (χ1n) is 6.74. The molecule has 3 rings (SSSR count). The molecule has 1 heterocycles. The number of ether oxygens (including phenoxy) is 1. The lowest BCUT2D eigenvalue weighted by atomic mass is 10.2. The Bertz CT molecular complexity index is 806. The van der Waals surface area contributed by atoms with Crippen LogP contribution in [0.2, 0.25) is 5.02 Å². The van der Waals surface area contributed by atoms with E-state index in [-0.39, 0.29) is 12.5 Å². The zero-order valence-electron chi connectivity index (χ0n) is 11.6. The van der Waals surface area contributed by atoms with Crippen LogP contribution in [-0.2, 0) is 4.79 Å². The summed E-state index contributed by atoms with van der Waals surface area (Å²) in [6, 6.07) is 16.3. The lowest BCUT2D eigenvalue weighted by molar-refractivity contribution is -0.118. The van der Waals surface area contributed by atoms with Crippen molar-refractivity contribution in [1.29, 1.82) is 0 Å². The number of hydrogen-bond donors (Lipinski definition) is 1. The van der Waals surface area contributed by atoms with Crippen LogP contribution in [0.1, 0.15) is 0 Å². The molecule has 22 heavy (non-hydrogen) atoms. The number of anilines is 1. The second-order valence-electron chi connectivity index (χ2n) is 4.67. The van der Waals surface area contributed by atoms with Gasteiger partial charge in [0.25, 0.3) is 5.91 Å². The smallest absolute Gasteiger partial charge is 0.262 e. The molecule has 0 aliphatic heterocycles. The van der Waals surface area contributed by atoms with Gasteiger partial charge in [-0.15, -0.1) is 0 Å². The van der Waals surface area contributed by atoms with Crippen LogP contribution in [0.15, 0.2) is 60.8 Å². The highest BCUT2D eigenvalue weighted by atomic mass is 35.5. The molecule has 0 saturated carbocycles. The lowest BCUT2D eigenvalue weighted by Gasteiger charge is -2.09. The first kappa shape index (κ1) is 14.4. The monoisotopic (exact) mass is 312 g/mol. The number of nitrogens with one attached hydrogen (secondary N) is 1. The van der Waals surface area contributed by atoms with Gasteiger partial charge < -0.3 is 10.1 Å². The molecule has 0 spiro atoms. The maximum atomic E-state index is 12.0. The molecule has 2 aromatic carbocycles. The van der Waals surface area contributed by atoms with Crippen molar-refractivity contribution in [3.8, 4) is 5.75 Å². The Hall–Kier alpha value is -2.59. The first-order valence-corrected chi connectivity index (χ1v) is 7.12. The van der Waals surface area contributed by atoms with E-state index < -0.39 is 0 Å². The average Bonchev–Trinajstić information content (AvgIpc) is 2.54. The fraction of sp³-hybridized carbons (Fsp3) is 0.0588. The molecule has 1 aromatic heterocycles. The SMILES string of the molecule is O=C(COc1ccccc1)Nc1ccnc2cc(Cl)ccc12. The number of amides is 1. The van der Waals surface area contributed by atoms with E-state index in [9.17, 15) is 4.79 Å². The Kier molecular flexibility index (Phi) is 4.21. The van der Waals surface area contributed by atoms with Crippen LogP contribution in [-0.4, -0.2) is 17.5 Å². The Morgan fingerprint density at radius 1 is 1.14 bits per heavy atom. The molecule has 1 amide bonds. The summed E-state index contributed by atoms with van der Waals surface area (Å²) in [7, 11) is 0. The number of para-hydroxylation sites is 1. The van der Waals surface area contributed by atoms with Gasteiger partial charge in [-0.3, -0.25) is 9.78 Å². The molecular weight excluding hydrogens is 300 g/mol. The number of carbonyl (C=O) groups excluding carboxylic acids is 1. The summed E-state index contributed by atoms with van der Waals surface area (Å²) in [6.45, 7) is -0.0541. The van der Waals surface area contributed by atoms with Crippen molar-refractivity contribution in [2.45, 2.75) is 0 Å². The van der Waals surface area contributed by atoms with Gasteiger partial charge in [0.1, 0.15) is 5.75 Å². The van der Waals surface area contributed by atoms with Gasteiger partial charge in [0.2, 0.25) is 0 Å². The quantitative estimate of drug-likeness (QED) is 0.794. The van der Waals surface area contributed by atoms with Crippen molar-refractivity contribution in [2.24, 2.45) is 0 Å². The number of rotatable bonds is 4. The van der Waals surface area contributed by atoms with Gasteiger partial charge in [-0.2, -0.15) is 0 Å². The van der Waals surface area contributed by atoms with Crippen LogP contribution in [0.25, 0.3) is 10.9 Å². The Morgan fingerprint density at radius 2 is 1.95 bits per heavy atom. The molecular formula is C17H13ClN2O2. The zero-order chi connectivity index (χ0) is 15.4. The maximum Gasteiger partial charge on any atom is 0.262 e. The van der Waals surface area contributed by atoms with Crippen molar-refractivity contribution in [3.05, 3.63) is 65.8 Å². The standard InChI is InChI=1S/C17H13ClN2O2/c18-12-6-7-14-15(8-9-19-16(14)10-12)20-17(21)11-22-13-4-2-1-3-5-13/h1-10H,11H2,(H,19,20,21). The molecule has 110 valence electrons. The predicted molar refractivity (Wildman–Crippen MR) is 87.3 cm³/mol. The van der Waals surface area contributed by atoms with Crippen LogP contribution < -0.4 is 10.1 Å². The van der Waals surface area contributed by atoms with E-state index in [1.54, 1.807) is 36.5 Å². The van der Waals surface area contributed by atoms with Crippen molar-refractivity contribution in [3.63, 3.8) is 0 Å². The molecule has 0 radical (unpaired) electrons. The van der Waals surface area contributed by atoms with Gasteiger partial charge in [0, 0.05) is 16.6 Å². The highest BCUT2D eigenvalue weighted by molar-refractivity contribution is 6.31. The fourth-order valence-corrected chi connectivity index (χ4v) is 2.25. The number of nitrogens with zero attached hydrogens (tertiary/aromatic N) is 1. The van der Waals surface area contributed by atoms with E-state index in [2.05, 4.69) is 10.3 Å². The topological polar surface area (TPSA) is 51.2 Å². The zero-order valence-corrected chi connectivity index (χ0v) is 12.4. The Morgan fingerprint density at radius 3 is 2.77 bits per heavy atom. The van der Waals surface area contributed by atoms with Crippen molar-refractivity contribution < 1.29 is 9.53 Å². The molecule has 0 aliphatic rings. The molecule has 4 nitrogen and oxygen atoms in total. The number of pyridine rings is 1. The van der Waals surface area contributed by atoms with Crippen LogP contribution in [0.4, 0.5) is 5.69 Å². The minimum Gasteiger partial charge on any atom is -0.484 e. The third kappa shape index (κ3) is 3.35. The Balaban J connectivity index is 1.71. The van der Waals surface area contributed by atoms with Gasteiger partial charge in [0.15, 0.2) is 6.61 Å². The largest absolute Gasteiger partial charge is 0.484 e. The van der Waals surface area contributed by atoms with Gasteiger partial charge in [-0.25, -0.2) is 0 Å². The molecule has 0 bridgehead atoms. The summed E-state index contributed by atoms with van der Waals surface area (Å²) in [6.07, 6.45) is 1.63. The Labute approximate surface area is 132 Å². The van der Waals surface area contributed by atoms with Crippen LogP contribution >= 0.6 is 11.6 Å². The number of hydrogen-bond acceptors (Lipinski definition) is 3. The van der Waals surface area contributed by atoms with E-state index in [1.165, 1.54) is 0 Å². The summed E-state index contributed by atoms with van der Waals surface area (Å²) in [5.74, 6) is 0.426. The minimum atomic E-state index is -0.230. The van der Waals surface area contributed by atoms with Crippen molar-refractivity contribution in [2.75, 3.05) is 11.9 Å². The van der Waals surface area contributed by atoms with E-state index >= 15 is 0 Å². The average molecular weight is 313 g/mol. The summed E-state index contributed by atoms with van der Waals surface area (Å²) < 4.78 is 5.42. The molecule has 0 saturated heterocycles. The summed E-state index contributed by atoms with van der Waals surface area (Å²) in [5, 5.41) is 4.27. The molecule has 0 fully saturated rings. The van der Waals surface area contributed by atoms with E-state index in [1.807, 2.05) is 24.3 Å². The van der Waals surface area contributed by atoms with Crippen LogP contribution in [0.3, 0.4) is 0 Å². The molecule has 5 heteroatoms. The highest BCUT2D eigenvalue weighted by Gasteiger charge is 2.07. The second-order valence-corrected chi connectivity index (χ2v) is 5.11. The third-order valence-electron chi connectivity index (χ3n) is 3.09. The number of benzene rings is 2. The number of halogens is 1.